The van der Waals surface area contributed by atoms with Crippen molar-refractivity contribution < 1.29 is 27.5 Å². The number of hydrogen-bond acceptors (Lipinski definition) is 6. The van der Waals surface area contributed by atoms with E-state index in [4.69, 9.17) is 9.47 Å². The largest absolute Gasteiger partial charge is 0.381 e. The molecule has 2 rings (SSSR count). The van der Waals surface area contributed by atoms with Gasteiger partial charge >= 0.3 is 0 Å². The number of rotatable bonds is 8. The average Bonchev–Trinajstić information content (AvgIpc) is 2.71. The van der Waals surface area contributed by atoms with Crippen LogP contribution in [-0.2, 0) is 35.5 Å². The number of hydrogen-bond donors (Lipinski definition) is 2. The molecule has 0 saturated carbocycles. The molecule has 2 amide bonds. The molecule has 1 aliphatic heterocycles. The van der Waals surface area contributed by atoms with Gasteiger partial charge in [0.2, 0.25) is 21.8 Å². The summed E-state index contributed by atoms with van der Waals surface area (Å²) in [6, 6.07) is 6.48. The number of morpholine rings is 1. The van der Waals surface area contributed by atoms with Gasteiger partial charge in [-0.3, -0.25) is 20.4 Å². The Kier molecular flexibility index (Phi) is 8.36. The molecule has 1 aliphatic rings. The highest BCUT2D eigenvalue weighted by atomic mass is 32.2. The van der Waals surface area contributed by atoms with E-state index in [1.165, 1.54) is 11.4 Å². The van der Waals surface area contributed by atoms with Gasteiger partial charge in [0.1, 0.15) is 0 Å². The normalized spacial score (nSPS) is 16.4. The number of sulfonamides is 1. The van der Waals surface area contributed by atoms with E-state index in [0.717, 1.165) is 5.56 Å². The van der Waals surface area contributed by atoms with Gasteiger partial charge in [-0.05, 0) is 31.0 Å². The highest BCUT2D eigenvalue weighted by Gasteiger charge is 2.26. The Labute approximate surface area is 165 Å². The molecule has 1 atom stereocenters. The molecule has 156 valence electrons. The minimum absolute atomic E-state index is 0.149. The molecule has 1 saturated heterocycles. The number of hydrazine groups is 1. The highest BCUT2D eigenvalue weighted by Crippen LogP contribution is 2.18. The number of ether oxygens (including phenoxy) is 2. The summed E-state index contributed by atoms with van der Waals surface area (Å²) in [7, 11) is -2.02. The summed E-state index contributed by atoms with van der Waals surface area (Å²) in [5.74, 6) is -0.663. The number of nitrogens with zero attached hydrogens (tertiary/aromatic N) is 1. The number of benzene rings is 1. The van der Waals surface area contributed by atoms with Gasteiger partial charge in [0, 0.05) is 26.6 Å². The highest BCUT2D eigenvalue weighted by molar-refractivity contribution is 7.89. The number of aryl methyl sites for hydroxylation is 1. The number of nitrogens with one attached hydrogen (secondary N) is 2. The van der Waals surface area contributed by atoms with Crippen molar-refractivity contribution in [1.82, 2.24) is 15.2 Å². The van der Waals surface area contributed by atoms with Crippen LogP contribution in [0.3, 0.4) is 0 Å². The van der Waals surface area contributed by atoms with Crippen molar-refractivity contribution in [2.24, 2.45) is 0 Å². The van der Waals surface area contributed by atoms with E-state index in [1.807, 2.05) is 0 Å². The zero-order chi connectivity index (χ0) is 20.6. The summed E-state index contributed by atoms with van der Waals surface area (Å²) in [6.07, 6.45) is 0.503. The first-order chi connectivity index (χ1) is 13.3. The van der Waals surface area contributed by atoms with Crippen molar-refractivity contribution in [2.75, 3.05) is 33.4 Å². The zero-order valence-corrected chi connectivity index (χ0v) is 17.0. The first-order valence-electron chi connectivity index (χ1n) is 9.10. The molecule has 0 aliphatic carbocycles. The van der Waals surface area contributed by atoms with Crippen molar-refractivity contribution in [3.05, 3.63) is 29.8 Å². The third kappa shape index (κ3) is 6.55. The molecule has 1 aromatic rings. The fraction of sp³-hybridized carbons (Fsp3) is 0.556. The second kappa shape index (κ2) is 10.5. The third-order valence-electron chi connectivity index (χ3n) is 4.39. The molecule has 2 N–H and O–H groups in total. The minimum Gasteiger partial charge on any atom is -0.381 e. The fourth-order valence-electron chi connectivity index (χ4n) is 2.62. The Hall–Kier alpha value is -2.01. The van der Waals surface area contributed by atoms with Crippen LogP contribution in [0.15, 0.2) is 29.2 Å². The first-order valence-corrected chi connectivity index (χ1v) is 10.5. The van der Waals surface area contributed by atoms with Crippen molar-refractivity contribution in [3.63, 3.8) is 0 Å². The molecule has 1 fully saturated rings. The van der Waals surface area contributed by atoms with Crippen LogP contribution < -0.4 is 10.9 Å². The molecule has 10 heteroatoms. The maximum Gasteiger partial charge on any atom is 0.243 e. The molecule has 0 radical (unpaired) electrons. The van der Waals surface area contributed by atoms with Gasteiger partial charge in [-0.2, -0.15) is 4.31 Å². The summed E-state index contributed by atoms with van der Waals surface area (Å²) in [5, 5.41) is 0. The van der Waals surface area contributed by atoms with E-state index >= 15 is 0 Å². The summed E-state index contributed by atoms with van der Waals surface area (Å²) in [6.45, 7) is 3.24. The fourth-order valence-corrected chi connectivity index (χ4v) is 4.03. The Balaban J connectivity index is 1.80. The standard InChI is InChI=1S/C18H27N3O6S/c1-14(26-2)13-18(23)20-19-17(22)8-5-15-3-6-16(7-4-15)28(24,25)21-9-11-27-12-10-21/h3-4,6-7,14H,5,8-13H2,1-2H3,(H,19,22)(H,20,23). The second-order valence-electron chi connectivity index (χ2n) is 6.51. The average molecular weight is 413 g/mol. The van der Waals surface area contributed by atoms with Gasteiger partial charge in [0.15, 0.2) is 0 Å². The predicted octanol–water partition coefficient (Wildman–Crippen LogP) is 0.213. The minimum atomic E-state index is -3.52. The molecular formula is C18H27N3O6S. The van der Waals surface area contributed by atoms with Crippen molar-refractivity contribution in [3.8, 4) is 0 Å². The molecule has 1 aromatic carbocycles. The van der Waals surface area contributed by atoms with Crippen molar-refractivity contribution in [2.45, 2.75) is 37.2 Å². The zero-order valence-electron chi connectivity index (χ0n) is 16.1. The summed E-state index contributed by atoms with van der Waals surface area (Å²) in [4.78, 5) is 23.6. The molecule has 0 spiro atoms. The van der Waals surface area contributed by atoms with Crippen LogP contribution in [-0.4, -0.2) is 64.1 Å². The van der Waals surface area contributed by atoms with Gasteiger partial charge in [-0.15, -0.1) is 0 Å². The lowest BCUT2D eigenvalue weighted by Gasteiger charge is -2.26. The Morgan fingerprint density at radius 2 is 1.75 bits per heavy atom. The van der Waals surface area contributed by atoms with Crippen LogP contribution >= 0.6 is 0 Å². The maximum atomic E-state index is 12.6. The van der Waals surface area contributed by atoms with E-state index in [9.17, 15) is 18.0 Å². The van der Waals surface area contributed by atoms with Crippen LogP contribution in [0.4, 0.5) is 0 Å². The van der Waals surface area contributed by atoms with Crippen LogP contribution in [0.25, 0.3) is 0 Å². The Morgan fingerprint density at radius 3 is 2.36 bits per heavy atom. The number of carbonyl (C=O) groups is 2. The van der Waals surface area contributed by atoms with E-state index in [2.05, 4.69) is 10.9 Å². The molecule has 9 nitrogen and oxygen atoms in total. The molecule has 0 aromatic heterocycles. The van der Waals surface area contributed by atoms with Gasteiger partial charge in [0.25, 0.3) is 0 Å². The monoisotopic (exact) mass is 413 g/mol. The van der Waals surface area contributed by atoms with Crippen LogP contribution in [0.1, 0.15) is 25.3 Å². The lowest BCUT2D eigenvalue weighted by molar-refractivity contribution is -0.130. The van der Waals surface area contributed by atoms with E-state index in [0.29, 0.717) is 32.7 Å². The molecular weight excluding hydrogens is 386 g/mol. The summed E-state index contributed by atoms with van der Waals surface area (Å²) in [5.41, 5.74) is 5.52. The van der Waals surface area contributed by atoms with Gasteiger partial charge in [-0.25, -0.2) is 8.42 Å². The molecule has 1 heterocycles. The topological polar surface area (TPSA) is 114 Å². The lowest BCUT2D eigenvalue weighted by Crippen LogP contribution is -2.42. The molecule has 0 bridgehead atoms. The molecule has 1 unspecified atom stereocenters. The summed E-state index contributed by atoms with van der Waals surface area (Å²) < 4.78 is 36.7. The van der Waals surface area contributed by atoms with Crippen LogP contribution in [0.5, 0.6) is 0 Å². The maximum absolute atomic E-state index is 12.6. The van der Waals surface area contributed by atoms with Crippen molar-refractivity contribution in [1.29, 1.82) is 0 Å². The van der Waals surface area contributed by atoms with Crippen LogP contribution in [0, 0.1) is 0 Å². The number of amides is 2. The van der Waals surface area contributed by atoms with Gasteiger partial charge < -0.3 is 9.47 Å². The van der Waals surface area contributed by atoms with E-state index in [-0.39, 0.29) is 35.7 Å². The lowest BCUT2D eigenvalue weighted by atomic mass is 10.1. The summed E-state index contributed by atoms with van der Waals surface area (Å²) >= 11 is 0. The number of methoxy groups -OCH3 is 1. The Bertz CT molecular complexity index is 760. The van der Waals surface area contributed by atoms with E-state index < -0.39 is 10.0 Å². The predicted molar refractivity (Wildman–Crippen MR) is 102 cm³/mol. The molecule has 28 heavy (non-hydrogen) atoms. The Morgan fingerprint density at radius 1 is 1.14 bits per heavy atom. The quantitative estimate of drug-likeness (QED) is 0.589. The second-order valence-corrected chi connectivity index (χ2v) is 8.45. The van der Waals surface area contributed by atoms with Gasteiger partial charge in [-0.1, -0.05) is 12.1 Å². The third-order valence-corrected chi connectivity index (χ3v) is 6.30. The van der Waals surface area contributed by atoms with Gasteiger partial charge in [0.05, 0.1) is 30.6 Å². The SMILES string of the molecule is COC(C)CC(=O)NNC(=O)CCc1ccc(S(=O)(=O)N2CCOCC2)cc1. The van der Waals surface area contributed by atoms with Crippen molar-refractivity contribution >= 4 is 21.8 Å². The smallest absolute Gasteiger partial charge is 0.243 e. The number of carbonyl (C=O) groups excluding carboxylic acids is 2. The van der Waals surface area contributed by atoms with E-state index in [1.54, 1.807) is 31.2 Å². The first kappa shape index (κ1) is 22.3. The van der Waals surface area contributed by atoms with Crippen LogP contribution in [0.2, 0.25) is 0 Å².